The summed E-state index contributed by atoms with van der Waals surface area (Å²) in [6, 6.07) is 10.1. The molecular weight excluding hydrogens is 280 g/mol. The minimum Gasteiger partial charge on any atom is -0.392 e. The molecule has 5 nitrogen and oxygen atoms in total. The maximum absolute atomic E-state index is 12.3. The van der Waals surface area contributed by atoms with Gasteiger partial charge < -0.3 is 20.5 Å². The van der Waals surface area contributed by atoms with Gasteiger partial charge in [0.15, 0.2) is 0 Å². The molecule has 1 amide bonds. The van der Waals surface area contributed by atoms with Crippen molar-refractivity contribution in [2.24, 2.45) is 0 Å². The number of aliphatic hydroxyl groups excluding tert-OH is 1. The van der Waals surface area contributed by atoms with Crippen molar-refractivity contribution in [1.29, 1.82) is 0 Å². The maximum atomic E-state index is 12.3. The summed E-state index contributed by atoms with van der Waals surface area (Å²) in [5, 5.41) is 15.7. The van der Waals surface area contributed by atoms with Crippen molar-refractivity contribution in [3.8, 4) is 0 Å². The van der Waals surface area contributed by atoms with E-state index in [0.717, 1.165) is 26.1 Å². The number of carbonyl (C=O) groups is 1. The Morgan fingerprint density at radius 1 is 1.32 bits per heavy atom. The van der Waals surface area contributed by atoms with E-state index in [4.69, 9.17) is 4.74 Å². The second-order valence-corrected chi connectivity index (χ2v) is 6.33. The molecule has 0 saturated carbocycles. The zero-order valence-electron chi connectivity index (χ0n) is 12.8. The van der Waals surface area contributed by atoms with E-state index in [1.54, 1.807) is 0 Å². The van der Waals surface area contributed by atoms with Crippen LogP contribution < -0.4 is 10.6 Å². The van der Waals surface area contributed by atoms with Crippen LogP contribution in [0.25, 0.3) is 0 Å². The van der Waals surface area contributed by atoms with Crippen molar-refractivity contribution in [1.82, 2.24) is 10.6 Å². The Hall–Kier alpha value is -1.43. The second kappa shape index (κ2) is 6.77. The quantitative estimate of drug-likeness (QED) is 0.761. The number of aliphatic hydroxyl groups is 1. The first-order chi connectivity index (χ1) is 10.7. The normalized spacial score (nSPS) is 27.5. The number of β-amino-alcohol motifs (C(OH)–C–C–N with tert-alkyl or cyclic N) is 1. The molecule has 0 unspecified atom stereocenters. The van der Waals surface area contributed by atoms with Crippen LogP contribution in [0.3, 0.4) is 0 Å². The number of ether oxygens (including phenoxy) is 1. The van der Waals surface area contributed by atoms with Gasteiger partial charge in [0.1, 0.15) is 0 Å². The molecule has 22 heavy (non-hydrogen) atoms. The zero-order valence-corrected chi connectivity index (χ0v) is 12.8. The number of benzene rings is 1. The lowest BCUT2D eigenvalue weighted by atomic mass is 9.74. The van der Waals surface area contributed by atoms with Crippen molar-refractivity contribution < 1.29 is 14.6 Å². The highest BCUT2D eigenvalue weighted by atomic mass is 16.5. The lowest BCUT2D eigenvalue weighted by Gasteiger charge is -2.38. The Bertz CT molecular complexity index is 500. The standard InChI is InChI=1S/C17H24N2O3/c20-14-10-15(18-11-14)16(21)19-12-17(6-8-22-9-7-17)13-4-2-1-3-5-13/h1-5,14-15,18,20H,6-12H2,(H,19,21)/t14-,15-/m0/s1. The first-order valence-electron chi connectivity index (χ1n) is 8.02. The average molecular weight is 304 g/mol. The Morgan fingerprint density at radius 2 is 2.05 bits per heavy atom. The van der Waals surface area contributed by atoms with Gasteiger partial charge in [-0.05, 0) is 24.8 Å². The number of rotatable bonds is 4. The van der Waals surface area contributed by atoms with Crippen LogP contribution >= 0.6 is 0 Å². The molecular formula is C17H24N2O3. The molecule has 2 aliphatic heterocycles. The van der Waals surface area contributed by atoms with Crippen molar-refractivity contribution in [2.45, 2.75) is 36.8 Å². The third-order valence-electron chi connectivity index (χ3n) is 4.86. The third kappa shape index (κ3) is 3.32. The molecule has 2 atom stereocenters. The third-order valence-corrected chi connectivity index (χ3v) is 4.86. The molecule has 2 saturated heterocycles. The molecule has 2 fully saturated rings. The first kappa shape index (κ1) is 15.5. The summed E-state index contributed by atoms with van der Waals surface area (Å²) < 4.78 is 5.51. The van der Waals surface area contributed by atoms with Gasteiger partial charge in [0.2, 0.25) is 5.91 Å². The second-order valence-electron chi connectivity index (χ2n) is 6.33. The van der Waals surface area contributed by atoms with Crippen LogP contribution in [-0.4, -0.2) is 49.5 Å². The van der Waals surface area contributed by atoms with Crippen LogP contribution in [0.2, 0.25) is 0 Å². The van der Waals surface area contributed by atoms with E-state index in [0.29, 0.717) is 19.5 Å². The van der Waals surface area contributed by atoms with Crippen LogP contribution in [0, 0.1) is 0 Å². The van der Waals surface area contributed by atoms with E-state index in [2.05, 4.69) is 22.8 Å². The highest BCUT2D eigenvalue weighted by molar-refractivity contribution is 5.82. The van der Waals surface area contributed by atoms with Gasteiger partial charge in [-0.25, -0.2) is 0 Å². The molecule has 2 heterocycles. The summed E-state index contributed by atoms with van der Waals surface area (Å²) >= 11 is 0. The lowest BCUT2D eigenvalue weighted by Crippen LogP contribution is -2.48. The van der Waals surface area contributed by atoms with E-state index in [9.17, 15) is 9.90 Å². The number of hydrogen-bond donors (Lipinski definition) is 3. The predicted octanol–water partition coefficient (Wildman–Crippen LogP) is 0.574. The molecule has 1 aromatic carbocycles. The average Bonchev–Trinajstić information content (AvgIpc) is 3.01. The van der Waals surface area contributed by atoms with E-state index in [1.807, 2.05) is 18.2 Å². The molecule has 3 N–H and O–H groups in total. The highest BCUT2D eigenvalue weighted by Gasteiger charge is 2.36. The monoisotopic (exact) mass is 304 g/mol. The fourth-order valence-corrected chi connectivity index (χ4v) is 3.42. The maximum Gasteiger partial charge on any atom is 0.237 e. The highest BCUT2D eigenvalue weighted by Crippen LogP contribution is 2.34. The van der Waals surface area contributed by atoms with Crippen LogP contribution in [0.4, 0.5) is 0 Å². The van der Waals surface area contributed by atoms with Crippen LogP contribution in [0.15, 0.2) is 30.3 Å². The number of carbonyl (C=O) groups excluding carboxylic acids is 1. The largest absolute Gasteiger partial charge is 0.392 e. The summed E-state index contributed by atoms with van der Waals surface area (Å²) in [4.78, 5) is 12.3. The van der Waals surface area contributed by atoms with E-state index < -0.39 is 6.10 Å². The number of hydrogen-bond acceptors (Lipinski definition) is 4. The molecule has 5 heteroatoms. The molecule has 0 aliphatic carbocycles. The summed E-state index contributed by atoms with van der Waals surface area (Å²) in [5.41, 5.74) is 1.21. The number of amides is 1. The van der Waals surface area contributed by atoms with Crippen LogP contribution in [0.5, 0.6) is 0 Å². The number of nitrogens with one attached hydrogen (secondary N) is 2. The predicted molar refractivity (Wildman–Crippen MR) is 83.6 cm³/mol. The van der Waals surface area contributed by atoms with Crippen LogP contribution in [-0.2, 0) is 14.9 Å². The molecule has 2 aliphatic rings. The zero-order chi connectivity index (χ0) is 15.4. The summed E-state index contributed by atoms with van der Waals surface area (Å²) in [5.74, 6) is -0.0154. The van der Waals surface area contributed by atoms with Gasteiger partial charge in [-0.2, -0.15) is 0 Å². The van der Waals surface area contributed by atoms with E-state index in [-0.39, 0.29) is 17.4 Å². The molecule has 0 radical (unpaired) electrons. The fourth-order valence-electron chi connectivity index (χ4n) is 3.42. The van der Waals surface area contributed by atoms with Crippen molar-refractivity contribution in [3.63, 3.8) is 0 Å². The minimum atomic E-state index is -0.415. The van der Waals surface area contributed by atoms with E-state index in [1.165, 1.54) is 5.56 Å². The summed E-state index contributed by atoms with van der Waals surface area (Å²) in [6.45, 7) is 2.57. The van der Waals surface area contributed by atoms with Gasteiger partial charge in [-0.1, -0.05) is 30.3 Å². The molecule has 0 spiro atoms. The van der Waals surface area contributed by atoms with Crippen molar-refractivity contribution in [2.75, 3.05) is 26.3 Å². The van der Waals surface area contributed by atoms with E-state index >= 15 is 0 Å². The Kier molecular flexibility index (Phi) is 4.76. The molecule has 1 aromatic rings. The Balaban J connectivity index is 1.67. The van der Waals surface area contributed by atoms with Crippen molar-refractivity contribution >= 4 is 5.91 Å². The molecule has 120 valence electrons. The van der Waals surface area contributed by atoms with Gasteiger partial charge in [-0.15, -0.1) is 0 Å². The summed E-state index contributed by atoms with van der Waals surface area (Å²) in [6.07, 6.45) is 1.91. The first-order valence-corrected chi connectivity index (χ1v) is 8.02. The van der Waals surface area contributed by atoms with Gasteiger partial charge in [0.05, 0.1) is 12.1 Å². The Morgan fingerprint density at radius 3 is 2.68 bits per heavy atom. The lowest BCUT2D eigenvalue weighted by molar-refractivity contribution is -0.123. The van der Waals surface area contributed by atoms with Crippen LogP contribution in [0.1, 0.15) is 24.8 Å². The fraction of sp³-hybridized carbons (Fsp3) is 0.588. The van der Waals surface area contributed by atoms with Crippen molar-refractivity contribution in [3.05, 3.63) is 35.9 Å². The Labute approximate surface area is 131 Å². The van der Waals surface area contributed by atoms with Gasteiger partial charge in [0, 0.05) is 31.7 Å². The van der Waals surface area contributed by atoms with Gasteiger partial charge in [0.25, 0.3) is 0 Å². The molecule has 0 aromatic heterocycles. The topological polar surface area (TPSA) is 70.6 Å². The molecule has 0 bridgehead atoms. The van der Waals surface area contributed by atoms with Gasteiger partial charge >= 0.3 is 0 Å². The summed E-state index contributed by atoms with van der Waals surface area (Å²) in [7, 11) is 0. The SMILES string of the molecule is O=C(NCC1(c2ccccc2)CCOCC1)[C@@H]1C[C@H](O)CN1. The minimum absolute atomic E-state index is 0.0154. The smallest absolute Gasteiger partial charge is 0.237 e. The molecule has 3 rings (SSSR count). The van der Waals surface area contributed by atoms with Gasteiger partial charge in [-0.3, -0.25) is 4.79 Å².